The van der Waals surface area contributed by atoms with Gasteiger partial charge >= 0.3 is 0 Å². The number of piperidine rings is 1. The first kappa shape index (κ1) is 21.8. The lowest BCUT2D eigenvalue weighted by atomic mass is 10.0. The van der Waals surface area contributed by atoms with Gasteiger partial charge in [0.2, 0.25) is 11.8 Å². The lowest BCUT2D eigenvalue weighted by molar-refractivity contribution is -0.132. The number of nitrogens with zero attached hydrogens (tertiary/aromatic N) is 1. The maximum absolute atomic E-state index is 12.6. The zero-order chi connectivity index (χ0) is 17.4. The number of likely N-dealkylation sites (tertiary alicyclic amines) is 1. The fraction of sp³-hybridized carbons (Fsp3) is 0.556. The largest absolute Gasteiger partial charge is 0.354 e. The number of rotatable bonds is 7. The van der Waals surface area contributed by atoms with Crippen LogP contribution >= 0.6 is 24.2 Å². The molecular weight excluding hydrogens is 358 g/mol. The van der Waals surface area contributed by atoms with E-state index in [1.807, 2.05) is 23.1 Å². The van der Waals surface area contributed by atoms with Gasteiger partial charge in [-0.05, 0) is 37.8 Å². The quantitative estimate of drug-likeness (QED) is 0.706. The monoisotopic (exact) mass is 385 g/mol. The van der Waals surface area contributed by atoms with E-state index in [-0.39, 0.29) is 30.3 Å². The van der Waals surface area contributed by atoms with Gasteiger partial charge in [0.25, 0.3) is 0 Å². The highest BCUT2D eigenvalue weighted by Crippen LogP contribution is 2.24. The zero-order valence-electron chi connectivity index (χ0n) is 14.7. The number of amides is 2. The first-order valence-corrected chi connectivity index (χ1v) is 9.55. The number of carbonyl (C=O) groups excluding carboxylic acids is 2. The molecule has 1 aromatic carbocycles. The van der Waals surface area contributed by atoms with E-state index in [1.54, 1.807) is 11.8 Å². The summed E-state index contributed by atoms with van der Waals surface area (Å²) in [6, 6.07) is 8.21. The second-order valence-electron chi connectivity index (χ2n) is 6.13. The lowest BCUT2D eigenvalue weighted by Gasteiger charge is -2.36. The Morgan fingerprint density at radius 1 is 1.32 bits per heavy atom. The van der Waals surface area contributed by atoms with Crippen molar-refractivity contribution in [2.45, 2.75) is 43.5 Å². The van der Waals surface area contributed by atoms with Crippen LogP contribution in [0.25, 0.3) is 0 Å². The fourth-order valence-corrected chi connectivity index (χ4v) is 3.85. The van der Waals surface area contributed by atoms with Crippen LogP contribution in [0.5, 0.6) is 0 Å². The van der Waals surface area contributed by atoms with Gasteiger partial charge in [0.05, 0.1) is 5.75 Å². The molecule has 5 nitrogen and oxygen atoms in total. The molecule has 1 unspecified atom stereocenters. The van der Waals surface area contributed by atoms with E-state index in [1.165, 1.54) is 5.56 Å². The van der Waals surface area contributed by atoms with E-state index >= 15 is 0 Å². The molecule has 0 aromatic heterocycles. The fourth-order valence-electron chi connectivity index (χ4n) is 2.93. The molecule has 0 radical (unpaired) electrons. The van der Waals surface area contributed by atoms with Gasteiger partial charge in [-0.25, -0.2) is 0 Å². The first-order chi connectivity index (χ1) is 11.6. The molecule has 25 heavy (non-hydrogen) atoms. The Labute approximate surface area is 160 Å². The molecule has 0 bridgehead atoms. The molecule has 1 aliphatic heterocycles. The Bertz CT molecular complexity index is 571. The van der Waals surface area contributed by atoms with Crippen LogP contribution in [0.4, 0.5) is 0 Å². The second-order valence-corrected chi connectivity index (χ2v) is 7.15. The van der Waals surface area contributed by atoms with Gasteiger partial charge in [-0.3, -0.25) is 9.59 Å². The molecule has 140 valence electrons. The Balaban J connectivity index is 0.00000312. The Morgan fingerprint density at radius 2 is 2.08 bits per heavy atom. The molecule has 0 aliphatic carbocycles. The van der Waals surface area contributed by atoms with E-state index in [0.29, 0.717) is 25.3 Å². The zero-order valence-corrected chi connectivity index (χ0v) is 16.3. The van der Waals surface area contributed by atoms with Crippen LogP contribution in [0.15, 0.2) is 29.2 Å². The smallest absolute Gasteiger partial charge is 0.233 e. The Kier molecular flexibility index (Phi) is 9.93. The summed E-state index contributed by atoms with van der Waals surface area (Å²) in [5, 5.41) is 2.90. The molecule has 1 aromatic rings. The van der Waals surface area contributed by atoms with Gasteiger partial charge in [0.1, 0.15) is 0 Å². The second kappa shape index (κ2) is 11.4. The highest BCUT2D eigenvalue weighted by Gasteiger charge is 2.26. The van der Waals surface area contributed by atoms with Crippen molar-refractivity contribution >= 4 is 36.0 Å². The van der Waals surface area contributed by atoms with Gasteiger partial charge in [-0.15, -0.1) is 24.2 Å². The number of carbonyl (C=O) groups is 2. The Morgan fingerprint density at radius 3 is 2.80 bits per heavy atom. The van der Waals surface area contributed by atoms with Gasteiger partial charge in [-0.2, -0.15) is 0 Å². The molecule has 0 saturated carbocycles. The molecule has 1 saturated heterocycles. The van der Waals surface area contributed by atoms with E-state index in [0.717, 1.165) is 30.7 Å². The molecule has 2 amide bonds. The minimum absolute atomic E-state index is 0. The SMILES string of the molecule is Cc1ccccc1SCC(=O)N1CCCCC1CNC(=O)CCN.Cl. The molecule has 1 atom stereocenters. The van der Waals surface area contributed by atoms with Crippen molar-refractivity contribution in [2.24, 2.45) is 5.73 Å². The number of nitrogens with one attached hydrogen (secondary N) is 1. The minimum atomic E-state index is -0.0373. The normalized spacial score (nSPS) is 16.9. The lowest BCUT2D eigenvalue weighted by Crippen LogP contribution is -2.50. The van der Waals surface area contributed by atoms with Crippen molar-refractivity contribution in [3.8, 4) is 0 Å². The van der Waals surface area contributed by atoms with Crippen LogP contribution in [0, 0.1) is 6.92 Å². The van der Waals surface area contributed by atoms with E-state index in [2.05, 4.69) is 18.3 Å². The number of nitrogens with two attached hydrogens (primary N) is 1. The van der Waals surface area contributed by atoms with Crippen LogP contribution < -0.4 is 11.1 Å². The predicted molar refractivity (Wildman–Crippen MR) is 105 cm³/mol. The van der Waals surface area contributed by atoms with Crippen LogP contribution in [0.3, 0.4) is 0 Å². The van der Waals surface area contributed by atoms with Gasteiger partial charge in [-0.1, -0.05) is 18.2 Å². The number of halogens is 1. The topological polar surface area (TPSA) is 75.4 Å². The van der Waals surface area contributed by atoms with E-state index in [4.69, 9.17) is 5.73 Å². The van der Waals surface area contributed by atoms with Crippen LogP contribution in [-0.2, 0) is 9.59 Å². The van der Waals surface area contributed by atoms with Gasteiger partial charge < -0.3 is 16.0 Å². The summed E-state index contributed by atoms with van der Waals surface area (Å²) in [4.78, 5) is 27.3. The van der Waals surface area contributed by atoms with Gasteiger partial charge in [0, 0.05) is 37.0 Å². The summed E-state index contributed by atoms with van der Waals surface area (Å²) >= 11 is 1.59. The summed E-state index contributed by atoms with van der Waals surface area (Å²) < 4.78 is 0. The summed E-state index contributed by atoms with van der Waals surface area (Å²) in [5.41, 5.74) is 6.59. The van der Waals surface area contributed by atoms with Crippen molar-refractivity contribution in [2.75, 3.05) is 25.4 Å². The third kappa shape index (κ3) is 6.88. The standard InChI is InChI=1S/C18H27N3O2S.ClH/c1-14-6-2-3-8-16(14)24-13-18(23)21-11-5-4-7-15(21)12-20-17(22)9-10-19;/h2-3,6,8,15H,4-5,7,9-13,19H2,1H3,(H,20,22);1H. The van der Waals surface area contributed by atoms with Crippen LogP contribution in [-0.4, -0.2) is 48.1 Å². The third-order valence-corrected chi connectivity index (χ3v) is 5.46. The van der Waals surface area contributed by atoms with Gasteiger partial charge in [0.15, 0.2) is 0 Å². The number of aryl methyl sites for hydroxylation is 1. The summed E-state index contributed by atoms with van der Waals surface area (Å²) in [6.45, 7) is 3.72. The maximum atomic E-state index is 12.6. The first-order valence-electron chi connectivity index (χ1n) is 8.56. The number of benzene rings is 1. The van der Waals surface area contributed by atoms with Crippen LogP contribution in [0.1, 0.15) is 31.2 Å². The molecule has 3 N–H and O–H groups in total. The molecule has 2 rings (SSSR count). The Hall–Kier alpha value is -1.24. The van der Waals surface area contributed by atoms with E-state index in [9.17, 15) is 9.59 Å². The predicted octanol–water partition coefficient (Wildman–Crippen LogP) is 2.36. The summed E-state index contributed by atoms with van der Waals surface area (Å²) in [6.07, 6.45) is 3.42. The van der Waals surface area contributed by atoms with Crippen molar-refractivity contribution in [1.29, 1.82) is 0 Å². The third-order valence-electron chi connectivity index (χ3n) is 4.30. The maximum Gasteiger partial charge on any atom is 0.233 e. The van der Waals surface area contributed by atoms with Crippen molar-refractivity contribution < 1.29 is 9.59 Å². The average Bonchev–Trinajstić information content (AvgIpc) is 2.59. The highest BCUT2D eigenvalue weighted by atomic mass is 35.5. The molecule has 7 heteroatoms. The molecule has 1 heterocycles. The minimum Gasteiger partial charge on any atom is -0.354 e. The van der Waals surface area contributed by atoms with E-state index < -0.39 is 0 Å². The van der Waals surface area contributed by atoms with Crippen LogP contribution in [0.2, 0.25) is 0 Å². The highest BCUT2D eigenvalue weighted by molar-refractivity contribution is 8.00. The summed E-state index contributed by atoms with van der Waals surface area (Å²) in [5.74, 6) is 0.559. The van der Waals surface area contributed by atoms with Crippen molar-refractivity contribution in [3.63, 3.8) is 0 Å². The molecule has 1 fully saturated rings. The molecular formula is C18H28ClN3O2S. The number of hydrogen-bond acceptors (Lipinski definition) is 4. The van der Waals surface area contributed by atoms with Crippen molar-refractivity contribution in [1.82, 2.24) is 10.2 Å². The summed E-state index contributed by atoms with van der Waals surface area (Å²) in [7, 11) is 0. The molecule has 1 aliphatic rings. The average molecular weight is 386 g/mol. The molecule has 0 spiro atoms. The number of hydrogen-bond donors (Lipinski definition) is 2. The van der Waals surface area contributed by atoms with Crippen molar-refractivity contribution in [3.05, 3.63) is 29.8 Å². The number of thioether (sulfide) groups is 1.